The van der Waals surface area contributed by atoms with Crippen molar-refractivity contribution in [3.8, 4) is 11.5 Å². The molecular weight excluding hydrogens is 454 g/mol. The van der Waals surface area contributed by atoms with E-state index in [1.165, 1.54) is 20.3 Å². The summed E-state index contributed by atoms with van der Waals surface area (Å²) in [6.45, 7) is 7.59. The van der Waals surface area contributed by atoms with Crippen molar-refractivity contribution in [3.63, 3.8) is 0 Å². The molecule has 190 valence electrons. The van der Waals surface area contributed by atoms with Crippen LogP contribution in [0.3, 0.4) is 0 Å². The summed E-state index contributed by atoms with van der Waals surface area (Å²) in [6.07, 6.45) is 0.410. The molecule has 9 nitrogen and oxygen atoms in total. The molecule has 1 aromatic carbocycles. The molecule has 9 heteroatoms. The number of esters is 2. The van der Waals surface area contributed by atoms with Gasteiger partial charge < -0.3 is 29.4 Å². The van der Waals surface area contributed by atoms with Gasteiger partial charge in [-0.3, -0.25) is 9.59 Å². The van der Waals surface area contributed by atoms with Gasteiger partial charge in [-0.2, -0.15) is 0 Å². The predicted octanol–water partition coefficient (Wildman–Crippen LogP) is 2.98. The van der Waals surface area contributed by atoms with Crippen LogP contribution >= 0.6 is 0 Å². The normalized spacial score (nSPS) is 22.0. The summed E-state index contributed by atoms with van der Waals surface area (Å²) in [4.78, 5) is 39.5. The Morgan fingerprint density at radius 3 is 2.51 bits per heavy atom. The third kappa shape index (κ3) is 5.35. The Hall–Kier alpha value is -3.33. The number of ether oxygens (including phenoxy) is 4. The summed E-state index contributed by atoms with van der Waals surface area (Å²) in [5.41, 5.74) is 2.19. The fourth-order valence-electron chi connectivity index (χ4n) is 4.67. The van der Waals surface area contributed by atoms with Gasteiger partial charge in [0.25, 0.3) is 0 Å². The SMILES string of the molecule is COC(=O)[C@@H]1C(=O)C2=C(C[C@H]1C)NC(C)=C(C(=O)OCCOC(C)C)[C@H]2c1ccc(OC)c(O)c1. The van der Waals surface area contributed by atoms with Crippen molar-refractivity contribution in [1.29, 1.82) is 0 Å². The lowest BCUT2D eigenvalue weighted by molar-refractivity contribution is -0.151. The van der Waals surface area contributed by atoms with Gasteiger partial charge in [0.15, 0.2) is 17.3 Å². The van der Waals surface area contributed by atoms with E-state index in [0.717, 1.165) is 0 Å². The van der Waals surface area contributed by atoms with Gasteiger partial charge in [0, 0.05) is 22.9 Å². The number of ketones is 1. The Labute approximate surface area is 205 Å². The maximum absolute atomic E-state index is 13.7. The van der Waals surface area contributed by atoms with Gasteiger partial charge >= 0.3 is 11.9 Å². The van der Waals surface area contributed by atoms with Crippen LogP contribution in [0.25, 0.3) is 0 Å². The summed E-state index contributed by atoms with van der Waals surface area (Å²) >= 11 is 0. The highest BCUT2D eigenvalue weighted by Gasteiger charge is 2.47. The molecule has 35 heavy (non-hydrogen) atoms. The molecule has 0 saturated carbocycles. The molecule has 2 aliphatic rings. The molecule has 0 aromatic heterocycles. The van der Waals surface area contributed by atoms with Crippen LogP contribution in [-0.2, 0) is 28.6 Å². The molecule has 3 atom stereocenters. The minimum atomic E-state index is -0.995. The number of Topliss-reactive ketones (excluding diaryl/α,β-unsaturated/α-hetero) is 1. The van der Waals surface area contributed by atoms with Crippen molar-refractivity contribution < 1.29 is 38.4 Å². The molecule has 3 rings (SSSR count). The van der Waals surface area contributed by atoms with Crippen LogP contribution in [0.4, 0.5) is 0 Å². The second kappa shape index (κ2) is 10.9. The molecule has 1 aliphatic heterocycles. The molecule has 2 N–H and O–H groups in total. The predicted molar refractivity (Wildman–Crippen MR) is 127 cm³/mol. The number of methoxy groups -OCH3 is 2. The van der Waals surface area contributed by atoms with Gasteiger partial charge in [-0.05, 0) is 50.8 Å². The second-order valence-corrected chi connectivity index (χ2v) is 9.02. The molecular formula is C26H33NO8. The van der Waals surface area contributed by atoms with Gasteiger partial charge in [-0.25, -0.2) is 4.79 Å². The van der Waals surface area contributed by atoms with Crippen LogP contribution in [0.5, 0.6) is 11.5 Å². The van der Waals surface area contributed by atoms with Crippen LogP contribution in [-0.4, -0.2) is 56.4 Å². The highest BCUT2D eigenvalue weighted by Crippen LogP contribution is 2.46. The standard InChI is InChI=1S/C26H33NO8/c1-13(2)34-9-10-35-26(31)21-15(4)27-17-11-14(3)20(25(30)33-6)24(29)23(17)22(21)16-7-8-19(32-5)18(28)12-16/h7-8,12-14,20,22,27-28H,9-11H2,1-6H3/t14-,20+,22-/m1/s1. The Balaban J connectivity index is 2.08. The number of phenolic OH excluding ortho intramolecular Hbond substituents is 1. The summed E-state index contributed by atoms with van der Waals surface area (Å²) in [6, 6.07) is 4.70. The average molecular weight is 488 g/mol. The van der Waals surface area contributed by atoms with Gasteiger partial charge in [0.1, 0.15) is 12.5 Å². The van der Waals surface area contributed by atoms with Gasteiger partial charge in [0.2, 0.25) is 0 Å². The fraction of sp³-hybridized carbons (Fsp3) is 0.500. The maximum atomic E-state index is 13.7. The molecule has 1 aromatic rings. The topological polar surface area (TPSA) is 120 Å². The Bertz CT molecular complexity index is 1070. The van der Waals surface area contributed by atoms with E-state index in [2.05, 4.69) is 5.32 Å². The van der Waals surface area contributed by atoms with Gasteiger partial charge in [0.05, 0.1) is 32.5 Å². The van der Waals surface area contributed by atoms with E-state index in [0.29, 0.717) is 29.0 Å². The molecule has 0 radical (unpaired) electrons. The molecule has 0 unspecified atom stereocenters. The molecule has 1 aliphatic carbocycles. The molecule has 1 heterocycles. The minimum Gasteiger partial charge on any atom is -0.504 e. The summed E-state index contributed by atoms with van der Waals surface area (Å²) in [7, 11) is 2.68. The second-order valence-electron chi connectivity index (χ2n) is 9.02. The van der Waals surface area contributed by atoms with Crippen molar-refractivity contribution in [3.05, 3.63) is 46.3 Å². The zero-order valence-electron chi connectivity index (χ0n) is 21.0. The van der Waals surface area contributed by atoms with E-state index >= 15 is 0 Å². The van der Waals surface area contributed by atoms with Gasteiger partial charge in [-0.15, -0.1) is 0 Å². The lowest BCUT2D eigenvalue weighted by Crippen LogP contribution is -2.43. The van der Waals surface area contributed by atoms with Gasteiger partial charge in [-0.1, -0.05) is 13.0 Å². The third-order valence-electron chi connectivity index (χ3n) is 6.27. The quantitative estimate of drug-likeness (QED) is 0.324. The number of aromatic hydroxyl groups is 1. The van der Waals surface area contributed by atoms with E-state index < -0.39 is 29.6 Å². The first kappa shape index (κ1) is 26.3. The number of rotatable bonds is 8. The first-order valence-electron chi connectivity index (χ1n) is 11.6. The fourth-order valence-corrected chi connectivity index (χ4v) is 4.67. The Morgan fingerprint density at radius 2 is 1.91 bits per heavy atom. The zero-order valence-corrected chi connectivity index (χ0v) is 21.0. The van der Waals surface area contributed by atoms with Crippen molar-refractivity contribution in [2.75, 3.05) is 27.4 Å². The van der Waals surface area contributed by atoms with E-state index in [1.807, 2.05) is 20.8 Å². The molecule has 0 fully saturated rings. The Kier molecular flexibility index (Phi) is 8.22. The number of hydrogen-bond acceptors (Lipinski definition) is 9. The average Bonchev–Trinajstić information content (AvgIpc) is 2.80. The van der Waals surface area contributed by atoms with Crippen molar-refractivity contribution in [2.24, 2.45) is 11.8 Å². The van der Waals surface area contributed by atoms with Crippen molar-refractivity contribution in [1.82, 2.24) is 5.32 Å². The highest BCUT2D eigenvalue weighted by molar-refractivity contribution is 6.12. The molecule has 0 spiro atoms. The first-order chi connectivity index (χ1) is 16.6. The summed E-state index contributed by atoms with van der Waals surface area (Å²) < 4.78 is 21.0. The van der Waals surface area contributed by atoms with E-state index in [4.69, 9.17) is 18.9 Å². The number of hydrogen-bond donors (Lipinski definition) is 2. The third-order valence-corrected chi connectivity index (χ3v) is 6.27. The summed E-state index contributed by atoms with van der Waals surface area (Å²) in [5.74, 6) is -3.67. The number of allylic oxidation sites excluding steroid dienone is 3. The highest BCUT2D eigenvalue weighted by atomic mass is 16.6. The zero-order chi connectivity index (χ0) is 25.9. The first-order valence-corrected chi connectivity index (χ1v) is 11.6. The van der Waals surface area contributed by atoms with E-state index in [1.54, 1.807) is 19.1 Å². The number of benzene rings is 1. The van der Waals surface area contributed by atoms with E-state index in [9.17, 15) is 19.5 Å². The smallest absolute Gasteiger partial charge is 0.336 e. The molecule has 0 bridgehead atoms. The lowest BCUT2D eigenvalue weighted by atomic mass is 9.69. The maximum Gasteiger partial charge on any atom is 0.336 e. The monoisotopic (exact) mass is 487 g/mol. The van der Waals surface area contributed by atoms with Crippen LogP contribution in [0.1, 0.15) is 45.6 Å². The van der Waals surface area contributed by atoms with Crippen molar-refractivity contribution in [2.45, 2.75) is 46.1 Å². The molecule has 0 amide bonds. The van der Waals surface area contributed by atoms with Crippen LogP contribution in [0.2, 0.25) is 0 Å². The number of carbonyl (C=O) groups is 3. The van der Waals surface area contributed by atoms with E-state index in [-0.39, 0.29) is 42.3 Å². The Morgan fingerprint density at radius 1 is 1.20 bits per heavy atom. The largest absolute Gasteiger partial charge is 0.504 e. The van der Waals surface area contributed by atoms with Crippen LogP contribution in [0, 0.1) is 11.8 Å². The lowest BCUT2D eigenvalue weighted by Gasteiger charge is -2.38. The molecule has 0 saturated heterocycles. The van der Waals surface area contributed by atoms with Crippen LogP contribution in [0.15, 0.2) is 40.7 Å². The van der Waals surface area contributed by atoms with Crippen molar-refractivity contribution >= 4 is 17.7 Å². The number of carbonyl (C=O) groups excluding carboxylic acids is 3. The van der Waals surface area contributed by atoms with Crippen LogP contribution < -0.4 is 10.1 Å². The summed E-state index contributed by atoms with van der Waals surface area (Å²) in [5, 5.41) is 13.7. The number of dihydropyridines is 1. The minimum absolute atomic E-state index is 0.00848. The number of phenols is 1. The number of nitrogens with one attached hydrogen (secondary N) is 1.